The number of nitrogens with two attached hydrogens (primary N) is 1. The number of thiazole rings is 1. The molecule has 0 unspecified atom stereocenters. The molecule has 2 rings (SSSR count). The maximum absolute atomic E-state index is 8.78. The molecule has 0 atom stereocenters. The Morgan fingerprint density at radius 1 is 1.56 bits per heavy atom. The second-order valence-corrected chi connectivity index (χ2v) is 5.01. The fraction of sp³-hybridized carbons (Fsp3) is 0.333. The van der Waals surface area contributed by atoms with E-state index in [0.29, 0.717) is 12.4 Å². The van der Waals surface area contributed by atoms with Gasteiger partial charge in [-0.1, -0.05) is 0 Å². The Hall–Kier alpha value is -1.18. The van der Waals surface area contributed by atoms with Crippen molar-refractivity contribution in [3.8, 4) is 11.3 Å². The van der Waals surface area contributed by atoms with Crippen molar-refractivity contribution in [3.05, 3.63) is 10.4 Å². The lowest BCUT2D eigenvalue weighted by atomic mass is 10.2. The standard InChI is InChI=1S/C9H12N4OS2/c1-5-12-6(4-15-5)7-8(10)13-16-9(7)11-2-3-14/h4,11,14H,2-3H2,1H3,(H2,10,13). The second-order valence-electron chi connectivity index (χ2n) is 3.17. The summed E-state index contributed by atoms with van der Waals surface area (Å²) in [5.41, 5.74) is 7.49. The number of nitrogen functional groups attached to an aromatic ring is 1. The van der Waals surface area contributed by atoms with Crippen LogP contribution in [0, 0.1) is 6.92 Å². The molecule has 86 valence electrons. The summed E-state index contributed by atoms with van der Waals surface area (Å²) in [5, 5.41) is 15.7. The monoisotopic (exact) mass is 256 g/mol. The molecule has 7 heteroatoms. The number of anilines is 2. The van der Waals surface area contributed by atoms with Crippen molar-refractivity contribution in [2.75, 3.05) is 24.2 Å². The third-order valence-corrected chi connectivity index (χ3v) is 3.58. The minimum Gasteiger partial charge on any atom is -0.395 e. The summed E-state index contributed by atoms with van der Waals surface area (Å²) in [4.78, 5) is 4.39. The van der Waals surface area contributed by atoms with E-state index in [1.165, 1.54) is 11.5 Å². The van der Waals surface area contributed by atoms with Gasteiger partial charge in [-0.15, -0.1) is 11.3 Å². The zero-order chi connectivity index (χ0) is 11.5. The van der Waals surface area contributed by atoms with E-state index in [1.807, 2.05) is 12.3 Å². The fourth-order valence-electron chi connectivity index (χ4n) is 1.32. The van der Waals surface area contributed by atoms with Crippen LogP contribution in [0.4, 0.5) is 10.8 Å². The van der Waals surface area contributed by atoms with E-state index in [1.54, 1.807) is 11.3 Å². The molecule has 0 fully saturated rings. The molecule has 0 aliphatic carbocycles. The highest BCUT2D eigenvalue weighted by Crippen LogP contribution is 2.36. The van der Waals surface area contributed by atoms with Crippen molar-refractivity contribution in [1.29, 1.82) is 0 Å². The van der Waals surface area contributed by atoms with E-state index in [4.69, 9.17) is 10.8 Å². The fourth-order valence-corrected chi connectivity index (χ4v) is 2.67. The van der Waals surface area contributed by atoms with Crippen LogP contribution in [-0.4, -0.2) is 27.6 Å². The first-order valence-corrected chi connectivity index (χ1v) is 6.40. The molecule has 2 aromatic rings. The van der Waals surface area contributed by atoms with Gasteiger partial charge in [0.2, 0.25) is 0 Å². The van der Waals surface area contributed by atoms with Crippen LogP contribution in [0.3, 0.4) is 0 Å². The smallest absolute Gasteiger partial charge is 0.148 e. The van der Waals surface area contributed by atoms with Gasteiger partial charge in [0, 0.05) is 11.9 Å². The lowest BCUT2D eigenvalue weighted by molar-refractivity contribution is 0.311. The summed E-state index contributed by atoms with van der Waals surface area (Å²) < 4.78 is 4.10. The van der Waals surface area contributed by atoms with Crippen LogP contribution in [-0.2, 0) is 0 Å². The molecule has 0 radical (unpaired) electrons. The van der Waals surface area contributed by atoms with Crippen molar-refractivity contribution in [2.45, 2.75) is 6.92 Å². The van der Waals surface area contributed by atoms with E-state index in [2.05, 4.69) is 14.7 Å². The van der Waals surface area contributed by atoms with Crippen molar-refractivity contribution in [3.63, 3.8) is 0 Å². The van der Waals surface area contributed by atoms with Crippen molar-refractivity contribution >= 4 is 33.7 Å². The Morgan fingerprint density at radius 2 is 2.38 bits per heavy atom. The summed E-state index contributed by atoms with van der Waals surface area (Å²) in [7, 11) is 0. The van der Waals surface area contributed by atoms with E-state index < -0.39 is 0 Å². The number of nitrogens with one attached hydrogen (secondary N) is 1. The number of hydrogen-bond acceptors (Lipinski definition) is 7. The van der Waals surface area contributed by atoms with Crippen LogP contribution in [0.15, 0.2) is 5.38 Å². The van der Waals surface area contributed by atoms with E-state index in [9.17, 15) is 0 Å². The predicted molar refractivity (Wildman–Crippen MR) is 67.9 cm³/mol. The van der Waals surface area contributed by atoms with Crippen molar-refractivity contribution in [2.24, 2.45) is 0 Å². The topological polar surface area (TPSA) is 84.1 Å². The first kappa shape index (κ1) is 11.3. The highest BCUT2D eigenvalue weighted by Gasteiger charge is 2.15. The van der Waals surface area contributed by atoms with Gasteiger partial charge in [-0.25, -0.2) is 4.98 Å². The molecular weight excluding hydrogens is 244 g/mol. The quantitative estimate of drug-likeness (QED) is 0.773. The number of aliphatic hydroxyl groups is 1. The summed E-state index contributed by atoms with van der Waals surface area (Å²) in [6.45, 7) is 2.51. The van der Waals surface area contributed by atoms with Crippen LogP contribution in [0.2, 0.25) is 0 Å². The molecule has 0 aliphatic heterocycles. The first-order valence-electron chi connectivity index (χ1n) is 4.74. The molecule has 4 N–H and O–H groups in total. The Kier molecular flexibility index (Phi) is 3.37. The van der Waals surface area contributed by atoms with Gasteiger partial charge in [-0.2, -0.15) is 4.37 Å². The maximum Gasteiger partial charge on any atom is 0.148 e. The Morgan fingerprint density at radius 3 is 3.00 bits per heavy atom. The second kappa shape index (κ2) is 4.77. The predicted octanol–water partition coefficient (Wildman–Crippen LogP) is 1.56. The number of aryl methyl sites for hydroxylation is 1. The lowest BCUT2D eigenvalue weighted by Gasteiger charge is -2.02. The normalized spacial score (nSPS) is 10.6. The van der Waals surface area contributed by atoms with Crippen LogP contribution in [0.25, 0.3) is 11.3 Å². The van der Waals surface area contributed by atoms with Crippen molar-refractivity contribution in [1.82, 2.24) is 9.36 Å². The Bertz CT molecular complexity index is 480. The summed E-state index contributed by atoms with van der Waals surface area (Å²) in [6.07, 6.45) is 0. The number of aliphatic hydroxyl groups excluding tert-OH is 1. The zero-order valence-electron chi connectivity index (χ0n) is 8.73. The van der Waals surface area contributed by atoms with Crippen LogP contribution in [0.1, 0.15) is 5.01 Å². The molecule has 5 nitrogen and oxygen atoms in total. The SMILES string of the molecule is Cc1nc(-c2c(N)nsc2NCCO)cs1. The van der Waals surface area contributed by atoms with Gasteiger partial charge in [0.25, 0.3) is 0 Å². The molecule has 2 aromatic heterocycles. The Labute approximate surface area is 101 Å². The van der Waals surface area contributed by atoms with Gasteiger partial charge >= 0.3 is 0 Å². The molecule has 0 aliphatic rings. The van der Waals surface area contributed by atoms with Gasteiger partial charge in [0.15, 0.2) is 0 Å². The molecule has 0 saturated heterocycles. The average Bonchev–Trinajstić information content (AvgIpc) is 2.82. The third-order valence-electron chi connectivity index (χ3n) is 1.99. The summed E-state index contributed by atoms with van der Waals surface area (Å²) >= 11 is 2.86. The lowest BCUT2D eigenvalue weighted by Crippen LogP contribution is -2.05. The third kappa shape index (κ3) is 2.16. The summed E-state index contributed by atoms with van der Waals surface area (Å²) in [5.74, 6) is 0.482. The van der Waals surface area contributed by atoms with Gasteiger partial charge in [0.05, 0.1) is 22.9 Å². The van der Waals surface area contributed by atoms with Crippen LogP contribution in [0.5, 0.6) is 0 Å². The van der Waals surface area contributed by atoms with Crippen molar-refractivity contribution < 1.29 is 5.11 Å². The highest BCUT2D eigenvalue weighted by molar-refractivity contribution is 7.11. The molecule has 0 amide bonds. The minimum atomic E-state index is 0.0767. The molecular formula is C9H12N4OS2. The largest absolute Gasteiger partial charge is 0.395 e. The molecule has 0 spiro atoms. The molecule has 0 saturated carbocycles. The highest BCUT2D eigenvalue weighted by atomic mass is 32.1. The maximum atomic E-state index is 8.78. The van der Waals surface area contributed by atoms with Gasteiger partial charge in [-0.05, 0) is 18.5 Å². The average molecular weight is 256 g/mol. The van der Waals surface area contributed by atoms with Gasteiger partial charge in [-0.3, -0.25) is 0 Å². The number of hydrogen-bond donors (Lipinski definition) is 3. The number of aromatic nitrogens is 2. The van der Waals surface area contributed by atoms with Gasteiger partial charge < -0.3 is 16.2 Å². The number of rotatable bonds is 4. The zero-order valence-corrected chi connectivity index (χ0v) is 10.4. The van der Waals surface area contributed by atoms with Gasteiger partial charge in [0.1, 0.15) is 10.8 Å². The molecule has 0 aromatic carbocycles. The molecule has 0 bridgehead atoms. The van der Waals surface area contributed by atoms with E-state index in [0.717, 1.165) is 21.3 Å². The summed E-state index contributed by atoms with van der Waals surface area (Å²) in [6, 6.07) is 0. The van der Waals surface area contributed by atoms with Crippen LogP contribution < -0.4 is 11.1 Å². The van der Waals surface area contributed by atoms with Crippen LogP contribution >= 0.6 is 22.9 Å². The van der Waals surface area contributed by atoms with E-state index >= 15 is 0 Å². The first-order chi connectivity index (χ1) is 7.72. The molecule has 16 heavy (non-hydrogen) atoms. The van der Waals surface area contributed by atoms with E-state index in [-0.39, 0.29) is 6.61 Å². The molecule has 2 heterocycles. The Balaban J connectivity index is 2.35. The minimum absolute atomic E-state index is 0.0767. The number of nitrogens with zero attached hydrogens (tertiary/aromatic N) is 2.